The number of aromatic nitrogens is 2. The second kappa shape index (κ2) is 7.67. The molecular formula is C23H27N3O4S. The summed E-state index contributed by atoms with van der Waals surface area (Å²) in [6.07, 6.45) is 6.06. The molecule has 6 rings (SSSR count). The van der Waals surface area contributed by atoms with Crippen molar-refractivity contribution in [1.82, 2.24) is 10.2 Å². The molecule has 1 amide bonds. The number of hydrogen-bond acceptors (Lipinski definition) is 7. The predicted molar refractivity (Wildman–Crippen MR) is 116 cm³/mol. The Balaban J connectivity index is 1.15. The smallest absolute Gasteiger partial charge is 0.306 e. The van der Waals surface area contributed by atoms with E-state index in [-0.39, 0.29) is 28.9 Å². The Bertz CT molecular complexity index is 989. The highest BCUT2D eigenvalue weighted by Crippen LogP contribution is 2.62. The Kier molecular flexibility index (Phi) is 5.09. The van der Waals surface area contributed by atoms with E-state index in [4.69, 9.17) is 4.74 Å². The zero-order valence-corrected chi connectivity index (χ0v) is 18.4. The van der Waals surface area contributed by atoms with Gasteiger partial charge in [0.1, 0.15) is 6.61 Å². The van der Waals surface area contributed by atoms with Crippen molar-refractivity contribution in [3.05, 3.63) is 39.8 Å². The van der Waals surface area contributed by atoms with Gasteiger partial charge in [0.15, 0.2) is 5.01 Å². The zero-order valence-electron chi connectivity index (χ0n) is 17.6. The number of amides is 1. The van der Waals surface area contributed by atoms with Gasteiger partial charge in [-0.05, 0) is 74.8 Å². The van der Waals surface area contributed by atoms with Crippen molar-refractivity contribution < 1.29 is 19.4 Å². The molecule has 164 valence electrons. The van der Waals surface area contributed by atoms with Crippen LogP contribution in [0.15, 0.2) is 24.3 Å². The summed E-state index contributed by atoms with van der Waals surface area (Å²) in [6.45, 7) is 2.00. The van der Waals surface area contributed by atoms with Crippen LogP contribution in [0.4, 0.5) is 5.69 Å². The summed E-state index contributed by atoms with van der Waals surface area (Å²) < 4.78 is 5.48. The number of carbonyl (C=O) groups excluding carboxylic acids is 2. The molecule has 4 aliphatic rings. The largest absolute Gasteiger partial charge is 0.458 e. The number of hydrogen-bond donors (Lipinski definition) is 2. The molecule has 4 fully saturated rings. The highest BCUT2D eigenvalue weighted by molar-refractivity contribution is 7.13. The second-order valence-electron chi connectivity index (χ2n) is 9.84. The van der Waals surface area contributed by atoms with Crippen LogP contribution < -0.4 is 5.32 Å². The van der Waals surface area contributed by atoms with E-state index < -0.39 is 5.60 Å². The number of rotatable bonds is 6. The lowest BCUT2D eigenvalue weighted by atomic mass is 9.47. The van der Waals surface area contributed by atoms with Crippen molar-refractivity contribution >= 4 is 28.9 Å². The van der Waals surface area contributed by atoms with E-state index in [0.717, 1.165) is 42.6 Å². The van der Waals surface area contributed by atoms with Gasteiger partial charge in [-0.3, -0.25) is 9.59 Å². The molecule has 0 radical (unpaired) electrons. The van der Waals surface area contributed by atoms with Gasteiger partial charge in [-0.2, -0.15) is 0 Å². The predicted octanol–water partition coefficient (Wildman–Crippen LogP) is 3.86. The third kappa shape index (κ3) is 4.36. The fraction of sp³-hybridized carbons (Fsp3) is 0.565. The van der Waals surface area contributed by atoms with Crippen molar-refractivity contribution in [2.45, 2.75) is 64.1 Å². The highest BCUT2D eigenvalue weighted by Gasteiger charge is 2.57. The maximum absolute atomic E-state index is 12.6. The summed E-state index contributed by atoms with van der Waals surface area (Å²) in [5.41, 5.74) is 1.11. The Labute approximate surface area is 185 Å². The fourth-order valence-electron chi connectivity index (χ4n) is 6.33. The lowest BCUT2D eigenvalue weighted by Gasteiger charge is -2.60. The monoisotopic (exact) mass is 441 g/mol. The fourth-order valence-corrected chi connectivity index (χ4v) is 6.98. The maximum Gasteiger partial charge on any atom is 0.306 e. The molecule has 7 nitrogen and oxygen atoms in total. The summed E-state index contributed by atoms with van der Waals surface area (Å²) in [7, 11) is 0. The van der Waals surface area contributed by atoms with Gasteiger partial charge in [-0.1, -0.05) is 29.0 Å². The number of anilines is 1. The molecule has 4 bridgehead atoms. The SMILES string of the molecule is Cc1ccc(NC(=O)c2nnc(COC(=O)CC34C[C@H]5C[C@@H](CC(O)(C5)C3)C4)s2)cc1. The molecule has 1 heterocycles. The van der Waals surface area contributed by atoms with E-state index in [1.807, 2.05) is 31.2 Å². The summed E-state index contributed by atoms with van der Waals surface area (Å²) in [4.78, 5) is 24.9. The molecule has 2 atom stereocenters. The van der Waals surface area contributed by atoms with Crippen LogP contribution in [0.1, 0.15) is 65.3 Å². The second-order valence-corrected chi connectivity index (χ2v) is 10.9. The van der Waals surface area contributed by atoms with Crippen LogP contribution in [-0.2, 0) is 16.1 Å². The van der Waals surface area contributed by atoms with Crippen LogP contribution >= 0.6 is 11.3 Å². The molecule has 4 aliphatic carbocycles. The minimum absolute atomic E-state index is 0.0154. The Morgan fingerprint density at radius 1 is 1.16 bits per heavy atom. The van der Waals surface area contributed by atoms with Crippen molar-refractivity contribution in [3.8, 4) is 0 Å². The van der Waals surface area contributed by atoms with Crippen LogP contribution in [-0.4, -0.2) is 32.8 Å². The lowest BCUT2D eigenvalue weighted by molar-refractivity contribution is -0.177. The first kappa shape index (κ1) is 20.6. The van der Waals surface area contributed by atoms with Gasteiger partial charge in [0.2, 0.25) is 5.01 Å². The van der Waals surface area contributed by atoms with Crippen LogP contribution in [0.3, 0.4) is 0 Å². The number of benzene rings is 1. The van der Waals surface area contributed by atoms with Gasteiger partial charge in [0.05, 0.1) is 12.0 Å². The van der Waals surface area contributed by atoms with E-state index in [2.05, 4.69) is 15.5 Å². The first-order valence-electron chi connectivity index (χ1n) is 10.9. The third-order valence-corrected chi connectivity index (χ3v) is 7.89. The first-order chi connectivity index (χ1) is 14.8. The van der Waals surface area contributed by atoms with Gasteiger partial charge in [0.25, 0.3) is 5.91 Å². The summed E-state index contributed by atoms with van der Waals surface area (Å²) in [5.74, 6) is 0.487. The van der Waals surface area contributed by atoms with Gasteiger partial charge in [-0.15, -0.1) is 10.2 Å². The van der Waals surface area contributed by atoms with Crippen molar-refractivity contribution in [1.29, 1.82) is 0 Å². The van der Waals surface area contributed by atoms with Crippen LogP contribution in [0.2, 0.25) is 0 Å². The van der Waals surface area contributed by atoms with E-state index >= 15 is 0 Å². The molecule has 4 saturated carbocycles. The number of aryl methyl sites for hydroxylation is 1. The van der Waals surface area contributed by atoms with Crippen molar-refractivity contribution in [2.24, 2.45) is 17.3 Å². The van der Waals surface area contributed by atoms with Gasteiger partial charge < -0.3 is 15.2 Å². The Morgan fingerprint density at radius 3 is 2.55 bits per heavy atom. The number of nitrogens with one attached hydrogen (secondary N) is 1. The normalized spacial score (nSPS) is 30.9. The lowest BCUT2D eigenvalue weighted by Crippen LogP contribution is -2.56. The molecule has 2 N–H and O–H groups in total. The summed E-state index contributed by atoms with van der Waals surface area (Å²) >= 11 is 1.12. The molecule has 8 heteroatoms. The molecule has 2 aromatic rings. The van der Waals surface area contributed by atoms with Crippen molar-refractivity contribution in [3.63, 3.8) is 0 Å². The van der Waals surface area contributed by atoms with Gasteiger partial charge in [0, 0.05) is 5.69 Å². The Morgan fingerprint density at radius 2 is 1.87 bits per heavy atom. The topological polar surface area (TPSA) is 101 Å². The molecule has 0 aliphatic heterocycles. The molecule has 0 saturated heterocycles. The average Bonchev–Trinajstić information content (AvgIpc) is 3.15. The van der Waals surface area contributed by atoms with Gasteiger partial charge >= 0.3 is 5.97 Å². The average molecular weight is 442 g/mol. The number of nitrogens with zero attached hydrogens (tertiary/aromatic N) is 2. The van der Waals surface area contributed by atoms with E-state index in [9.17, 15) is 14.7 Å². The summed E-state index contributed by atoms with van der Waals surface area (Å²) in [5, 5.41) is 22.3. The zero-order chi connectivity index (χ0) is 21.6. The summed E-state index contributed by atoms with van der Waals surface area (Å²) in [6, 6.07) is 7.50. The van der Waals surface area contributed by atoms with Crippen LogP contribution in [0, 0.1) is 24.2 Å². The van der Waals surface area contributed by atoms with Gasteiger partial charge in [-0.25, -0.2) is 0 Å². The van der Waals surface area contributed by atoms with Crippen LogP contribution in [0.5, 0.6) is 0 Å². The number of ether oxygens (including phenoxy) is 1. The minimum Gasteiger partial charge on any atom is -0.458 e. The Hall–Kier alpha value is -2.32. The molecule has 0 unspecified atom stereocenters. The standard InChI is InChI=1S/C23H27N3O4S/c1-14-2-4-17(5-3-14)24-20(28)21-26-25-18(31-21)12-30-19(27)11-22-7-15-6-16(8-22)10-23(29,9-15)13-22/h2-5,15-16,29H,6-13H2,1H3,(H,24,28)/t15-,16-,22?,23?/m1/s1. The first-order valence-corrected chi connectivity index (χ1v) is 11.7. The van der Waals surface area contributed by atoms with Crippen molar-refractivity contribution in [2.75, 3.05) is 5.32 Å². The quantitative estimate of drug-likeness (QED) is 0.660. The highest BCUT2D eigenvalue weighted by atomic mass is 32.1. The van der Waals surface area contributed by atoms with Crippen LogP contribution in [0.25, 0.3) is 0 Å². The van der Waals surface area contributed by atoms with E-state index in [1.165, 1.54) is 6.42 Å². The number of carbonyl (C=O) groups is 2. The molecule has 31 heavy (non-hydrogen) atoms. The van der Waals surface area contributed by atoms with E-state index in [1.54, 1.807) is 0 Å². The minimum atomic E-state index is -0.580. The number of aliphatic hydroxyl groups is 1. The molecular weight excluding hydrogens is 414 g/mol. The van der Waals surface area contributed by atoms with E-state index in [0.29, 0.717) is 35.4 Å². The number of esters is 1. The molecule has 1 aromatic heterocycles. The molecule has 1 aromatic carbocycles. The maximum atomic E-state index is 12.6. The third-order valence-electron chi connectivity index (χ3n) is 7.00. The molecule has 0 spiro atoms.